The molecule has 4 rings (SSSR count). The van der Waals surface area contributed by atoms with Crippen molar-refractivity contribution in [2.75, 3.05) is 13.7 Å². The largest absolute Gasteiger partial charge is 0.461 e. The monoisotopic (exact) mass is 410 g/mol. The van der Waals surface area contributed by atoms with E-state index >= 15 is 0 Å². The van der Waals surface area contributed by atoms with Crippen LogP contribution in [0.5, 0.6) is 10.8 Å². The summed E-state index contributed by atoms with van der Waals surface area (Å²) in [5, 5.41) is 2.20. The molecular weight excluding hydrogens is 392 g/mol. The van der Waals surface area contributed by atoms with Crippen LogP contribution in [0.25, 0.3) is 21.8 Å². The van der Waals surface area contributed by atoms with E-state index in [1.54, 1.807) is 32.4 Å². The molecule has 1 aromatic carbocycles. The number of nitrogens with one attached hydrogen (secondary N) is 1. The maximum absolute atomic E-state index is 12.4. The first-order chi connectivity index (χ1) is 14.2. The molecule has 0 unspecified atom stereocenters. The van der Waals surface area contributed by atoms with Gasteiger partial charge in [-0.05, 0) is 31.2 Å². The van der Waals surface area contributed by atoms with E-state index in [1.807, 2.05) is 18.2 Å². The first kappa shape index (κ1) is 19.1. The van der Waals surface area contributed by atoms with E-state index in [0.717, 1.165) is 28.1 Å². The number of carbonyl (C=O) groups is 2. The highest BCUT2D eigenvalue weighted by Crippen LogP contribution is 2.39. The van der Waals surface area contributed by atoms with Crippen molar-refractivity contribution in [1.82, 2.24) is 9.97 Å². The molecule has 1 N–H and O–H groups in total. The molecule has 0 saturated carbocycles. The van der Waals surface area contributed by atoms with Crippen molar-refractivity contribution in [1.29, 1.82) is 0 Å². The summed E-state index contributed by atoms with van der Waals surface area (Å²) < 4.78 is 16.6. The van der Waals surface area contributed by atoms with Crippen molar-refractivity contribution in [2.24, 2.45) is 0 Å². The van der Waals surface area contributed by atoms with Gasteiger partial charge in [0.25, 0.3) is 0 Å². The number of aldehydes is 1. The fourth-order valence-electron chi connectivity index (χ4n) is 3.28. The van der Waals surface area contributed by atoms with Gasteiger partial charge in [-0.3, -0.25) is 4.79 Å². The van der Waals surface area contributed by atoms with Gasteiger partial charge in [0.1, 0.15) is 5.75 Å². The van der Waals surface area contributed by atoms with Crippen molar-refractivity contribution in [2.45, 2.75) is 13.5 Å². The first-order valence-electron chi connectivity index (χ1n) is 8.97. The topological polar surface area (TPSA) is 90.5 Å². The number of aromatic amines is 1. The third kappa shape index (κ3) is 3.48. The van der Waals surface area contributed by atoms with Gasteiger partial charge in [-0.2, -0.15) is 0 Å². The summed E-state index contributed by atoms with van der Waals surface area (Å²) >= 11 is 1.26. The number of rotatable bonds is 7. The number of hydrogen-bond acceptors (Lipinski definition) is 7. The van der Waals surface area contributed by atoms with Crippen molar-refractivity contribution in [3.8, 4) is 10.8 Å². The van der Waals surface area contributed by atoms with Gasteiger partial charge in [-0.25, -0.2) is 9.78 Å². The Hall–Kier alpha value is -3.23. The molecule has 0 aliphatic heterocycles. The Bertz CT molecular complexity index is 1210. The Labute approximate surface area is 170 Å². The highest BCUT2D eigenvalue weighted by Gasteiger charge is 2.22. The van der Waals surface area contributed by atoms with E-state index in [1.165, 1.54) is 11.3 Å². The summed E-state index contributed by atoms with van der Waals surface area (Å²) in [6.45, 7) is 2.19. The Kier molecular flexibility index (Phi) is 5.28. The van der Waals surface area contributed by atoms with Crippen LogP contribution < -0.4 is 4.74 Å². The smallest absolute Gasteiger partial charge is 0.357 e. The van der Waals surface area contributed by atoms with Crippen LogP contribution in [0.2, 0.25) is 0 Å². The van der Waals surface area contributed by atoms with Crippen LogP contribution in [0.15, 0.2) is 36.5 Å². The van der Waals surface area contributed by atoms with Gasteiger partial charge in [-0.1, -0.05) is 17.4 Å². The average Bonchev–Trinajstić information content (AvgIpc) is 3.33. The number of ether oxygens (including phenoxy) is 3. The maximum Gasteiger partial charge on any atom is 0.357 e. The van der Waals surface area contributed by atoms with Crippen LogP contribution in [0, 0.1) is 0 Å². The van der Waals surface area contributed by atoms with Gasteiger partial charge in [-0.15, -0.1) is 0 Å². The van der Waals surface area contributed by atoms with E-state index in [0.29, 0.717) is 21.3 Å². The fraction of sp³-hybridized carbons (Fsp3) is 0.190. The van der Waals surface area contributed by atoms with Gasteiger partial charge < -0.3 is 19.2 Å². The SMILES string of the molecule is CCOC(=O)c1ncc2[nH]c3cccc(Oc4ccc(C=O)s4)c3c2c1COC. The first-order valence-corrected chi connectivity index (χ1v) is 9.79. The third-order valence-electron chi connectivity index (χ3n) is 4.41. The maximum atomic E-state index is 12.4. The molecule has 0 fully saturated rings. The van der Waals surface area contributed by atoms with Crippen LogP contribution in [0.3, 0.4) is 0 Å². The van der Waals surface area contributed by atoms with E-state index in [-0.39, 0.29) is 18.9 Å². The van der Waals surface area contributed by atoms with Crippen LogP contribution in [-0.2, 0) is 16.1 Å². The summed E-state index contributed by atoms with van der Waals surface area (Å²) in [6.07, 6.45) is 2.40. The van der Waals surface area contributed by atoms with Crippen LogP contribution in [0.4, 0.5) is 0 Å². The summed E-state index contributed by atoms with van der Waals surface area (Å²) in [6, 6.07) is 9.10. The zero-order chi connectivity index (χ0) is 20.4. The molecule has 0 bridgehead atoms. The molecule has 0 aliphatic rings. The molecule has 0 saturated heterocycles. The molecule has 148 valence electrons. The number of H-pyrrole nitrogens is 1. The van der Waals surface area contributed by atoms with Crippen molar-refractivity contribution < 1.29 is 23.8 Å². The molecule has 8 heteroatoms. The lowest BCUT2D eigenvalue weighted by molar-refractivity contribution is 0.0514. The number of benzene rings is 1. The molecule has 0 aliphatic carbocycles. The molecule has 3 heterocycles. The van der Waals surface area contributed by atoms with Gasteiger partial charge in [0.05, 0.1) is 40.7 Å². The molecule has 0 atom stereocenters. The summed E-state index contributed by atoms with van der Waals surface area (Å²) in [4.78, 5) is 31.6. The van der Waals surface area contributed by atoms with Crippen molar-refractivity contribution in [3.63, 3.8) is 0 Å². The lowest BCUT2D eigenvalue weighted by Gasteiger charge is -2.10. The lowest BCUT2D eigenvalue weighted by Crippen LogP contribution is -2.11. The highest BCUT2D eigenvalue weighted by molar-refractivity contribution is 7.15. The Balaban J connectivity index is 1.94. The van der Waals surface area contributed by atoms with Crippen LogP contribution in [-0.4, -0.2) is 35.9 Å². The predicted molar refractivity (Wildman–Crippen MR) is 110 cm³/mol. The van der Waals surface area contributed by atoms with Gasteiger partial charge >= 0.3 is 5.97 Å². The number of nitrogens with zero attached hydrogens (tertiary/aromatic N) is 1. The quantitative estimate of drug-likeness (QED) is 0.351. The minimum atomic E-state index is -0.497. The standard InChI is InChI=1S/C21H18N2O5S/c1-3-27-21(25)20-13(11-26-2)18-15(9-22-20)23-14-5-4-6-16(19(14)18)28-17-8-7-12(10-24)29-17/h4-10,23H,3,11H2,1-2H3. The molecule has 29 heavy (non-hydrogen) atoms. The molecule has 4 aromatic rings. The minimum absolute atomic E-state index is 0.189. The summed E-state index contributed by atoms with van der Waals surface area (Å²) in [5.41, 5.74) is 2.45. The van der Waals surface area contributed by atoms with E-state index in [9.17, 15) is 9.59 Å². The van der Waals surface area contributed by atoms with E-state index in [4.69, 9.17) is 14.2 Å². The second kappa shape index (κ2) is 8.02. The van der Waals surface area contributed by atoms with E-state index in [2.05, 4.69) is 9.97 Å². The Morgan fingerprint density at radius 2 is 2.07 bits per heavy atom. The zero-order valence-corrected chi connectivity index (χ0v) is 16.7. The zero-order valence-electron chi connectivity index (χ0n) is 15.9. The molecule has 0 amide bonds. The van der Waals surface area contributed by atoms with Crippen LogP contribution in [0.1, 0.15) is 32.6 Å². The number of aromatic nitrogens is 2. The number of pyridine rings is 1. The van der Waals surface area contributed by atoms with Gasteiger partial charge in [0, 0.05) is 18.1 Å². The average molecular weight is 410 g/mol. The Morgan fingerprint density at radius 3 is 2.79 bits per heavy atom. The van der Waals surface area contributed by atoms with Crippen molar-refractivity contribution in [3.05, 3.63) is 52.7 Å². The van der Waals surface area contributed by atoms with E-state index < -0.39 is 5.97 Å². The molecule has 7 nitrogen and oxygen atoms in total. The number of carbonyl (C=O) groups excluding carboxylic acids is 2. The second-order valence-corrected chi connectivity index (χ2v) is 7.29. The van der Waals surface area contributed by atoms with Crippen LogP contribution >= 0.6 is 11.3 Å². The molecular formula is C21H18N2O5S. The molecule has 0 radical (unpaired) electrons. The number of thiophene rings is 1. The molecule has 0 spiro atoms. The summed E-state index contributed by atoms with van der Waals surface area (Å²) in [7, 11) is 1.56. The van der Waals surface area contributed by atoms with Crippen molar-refractivity contribution >= 4 is 45.4 Å². The number of esters is 1. The normalized spacial score (nSPS) is 11.1. The Morgan fingerprint density at radius 1 is 1.21 bits per heavy atom. The third-order valence-corrected chi connectivity index (χ3v) is 5.30. The van der Waals surface area contributed by atoms with Gasteiger partial charge in [0.15, 0.2) is 17.0 Å². The second-order valence-electron chi connectivity index (χ2n) is 6.21. The minimum Gasteiger partial charge on any atom is -0.461 e. The molecule has 3 aromatic heterocycles. The lowest BCUT2D eigenvalue weighted by atomic mass is 10.1. The fourth-order valence-corrected chi connectivity index (χ4v) is 3.96. The highest BCUT2D eigenvalue weighted by atomic mass is 32.1. The number of fused-ring (bicyclic) bond motifs is 3. The number of methoxy groups -OCH3 is 1. The van der Waals surface area contributed by atoms with Gasteiger partial charge in [0.2, 0.25) is 0 Å². The summed E-state index contributed by atoms with van der Waals surface area (Å²) in [5.74, 6) is 0.106. The number of hydrogen-bond donors (Lipinski definition) is 1. The predicted octanol–water partition coefficient (Wildman–Crippen LogP) is 4.71.